The summed E-state index contributed by atoms with van der Waals surface area (Å²) in [5.74, 6) is 0.0704. The molecule has 1 aliphatic rings. The van der Waals surface area contributed by atoms with Crippen molar-refractivity contribution < 1.29 is 4.79 Å². The van der Waals surface area contributed by atoms with Gasteiger partial charge in [-0.3, -0.25) is 4.79 Å². The number of benzene rings is 1. The van der Waals surface area contributed by atoms with Gasteiger partial charge in [0.2, 0.25) is 5.91 Å². The first-order valence-electron chi connectivity index (χ1n) is 8.00. The van der Waals surface area contributed by atoms with Crippen molar-refractivity contribution in [2.45, 2.75) is 19.4 Å². The van der Waals surface area contributed by atoms with Crippen molar-refractivity contribution in [3.8, 4) is 0 Å². The zero-order valence-corrected chi connectivity index (χ0v) is 13.1. The molecule has 22 heavy (non-hydrogen) atoms. The minimum Gasteiger partial charge on any atom is -0.361 e. The van der Waals surface area contributed by atoms with Gasteiger partial charge >= 0.3 is 0 Å². The lowest BCUT2D eigenvalue weighted by Crippen LogP contribution is -2.53. The van der Waals surface area contributed by atoms with Gasteiger partial charge in [-0.05, 0) is 24.6 Å². The number of nitrogens with two attached hydrogens (primary N) is 1. The zero-order chi connectivity index (χ0) is 15.5. The van der Waals surface area contributed by atoms with Crippen LogP contribution in [0.4, 0.5) is 0 Å². The Labute approximate surface area is 131 Å². The van der Waals surface area contributed by atoms with Crippen LogP contribution in [-0.4, -0.2) is 59.5 Å². The van der Waals surface area contributed by atoms with E-state index in [4.69, 9.17) is 5.73 Å². The van der Waals surface area contributed by atoms with Gasteiger partial charge in [-0.15, -0.1) is 0 Å². The van der Waals surface area contributed by atoms with Gasteiger partial charge in [0.15, 0.2) is 0 Å². The van der Waals surface area contributed by atoms with Gasteiger partial charge in [-0.25, -0.2) is 0 Å². The van der Waals surface area contributed by atoms with E-state index in [1.165, 1.54) is 0 Å². The highest BCUT2D eigenvalue weighted by molar-refractivity contribution is 5.86. The molecule has 1 fully saturated rings. The van der Waals surface area contributed by atoms with Crippen molar-refractivity contribution in [2.24, 2.45) is 5.73 Å². The van der Waals surface area contributed by atoms with Crippen molar-refractivity contribution in [2.75, 3.05) is 32.7 Å². The van der Waals surface area contributed by atoms with Crippen LogP contribution in [0.1, 0.15) is 12.5 Å². The highest BCUT2D eigenvalue weighted by Gasteiger charge is 2.25. The number of nitrogens with one attached hydrogen (secondary N) is 1. The molecule has 2 aromatic rings. The Hall–Kier alpha value is -1.85. The normalized spacial score (nSPS) is 17.8. The van der Waals surface area contributed by atoms with Crippen LogP contribution in [0.2, 0.25) is 0 Å². The molecule has 0 radical (unpaired) electrons. The number of amides is 1. The molecule has 2 heterocycles. The second-order valence-electron chi connectivity index (χ2n) is 5.93. The molecular weight excluding hydrogens is 276 g/mol. The summed E-state index contributed by atoms with van der Waals surface area (Å²) < 4.78 is 0. The van der Waals surface area contributed by atoms with Gasteiger partial charge in [0.1, 0.15) is 0 Å². The van der Waals surface area contributed by atoms with Crippen molar-refractivity contribution in [3.63, 3.8) is 0 Å². The first-order valence-corrected chi connectivity index (χ1v) is 8.00. The summed E-state index contributed by atoms with van der Waals surface area (Å²) in [5, 5.41) is 1.15. The van der Waals surface area contributed by atoms with Crippen LogP contribution >= 0.6 is 0 Å². The predicted octanol–water partition coefficient (Wildman–Crippen LogP) is 1.20. The Kier molecular flexibility index (Phi) is 4.45. The lowest BCUT2D eigenvalue weighted by molar-refractivity contribution is -0.134. The summed E-state index contributed by atoms with van der Waals surface area (Å²) in [7, 11) is 0. The van der Waals surface area contributed by atoms with E-state index < -0.39 is 6.04 Å². The van der Waals surface area contributed by atoms with Gasteiger partial charge in [0.05, 0.1) is 6.04 Å². The standard InChI is InChI=1S/C17H24N4O/c1-2-20-7-9-21(10-8-20)17(22)15(18)11-13-12-19-16-6-4-3-5-14(13)16/h3-6,12,15,19H,2,7-11,18H2,1H3. The second kappa shape index (κ2) is 6.50. The van der Waals surface area contributed by atoms with E-state index in [1.54, 1.807) is 0 Å². The lowest BCUT2D eigenvalue weighted by atomic mass is 10.0. The Bertz CT molecular complexity index is 643. The Balaban J connectivity index is 1.64. The molecule has 1 saturated heterocycles. The molecule has 1 amide bonds. The summed E-state index contributed by atoms with van der Waals surface area (Å²) in [4.78, 5) is 20.0. The number of likely N-dealkylation sites (N-methyl/N-ethyl adjacent to an activating group) is 1. The third kappa shape index (κ3) is 3.00. The highest BCUT2D eigenvalue weighted by atomic mass is 16.2. The van der Waals surface area contributed by atoms with Crippen molar-refractivity contribution in [3.05, 3.63) is 36.0 Å². The smallest absolute Gasteiger partial charge is 0.239 e. The summed E-state index contributed by atoms with van der Waals surface area (Å²) in [5.41, 5.74) is 8.38. The van der Waals surface area contributed by atoms with E-state index in [2.05, 4.69) is 22.9 Å². The predicted molar refractivity (Wildman–Crippen MR) is 88.7 cm³/mol. The summed E-state index contributed by atoms with van der Waals surface area (Å²) in [6.07, 6.45) is 2.55. The first kappa shape index (κ1) is 15.1. The molecule has 5 heteroatoms. The maximum atomic E-state index is 12.5. The molecule has 1 aliphatic heterocycles. The molecule has 1 aromatic heterocycles. The number of aromatic nitrogens is 1. The first-order chi connectivity index (χ1) is 10.7. The SMILES string of the molecule is CCN1CCN(C(=O)C(N)Cc2c[nH]c3ccccc23)CC1. The number of hydrogen-bond acceptors (Lipinski definition) is 3. The lowest BCUT2D eigenvalue weighted by Gasteiger charge is -2.35. The number of piperazine rings is 1. The van der Waals surface area contributed by atoms with Crippen molar-refractivity contribution >= 4 is 16.8 Å². The summed E-state index contributed by atoms with van der Waals surface area (Å²) in [6, 6.07) is 7.65. The number of aromatic amines is 1. The summed E-state index contributed by atoms with van der Waals surface area (Å²) in [6.45, 7) is 6.66. The molecular formula is C17H24N4O. The largest absolute Gasteiger partial charge is 0.361 e. The Morgan fingerprint density at radius 2 is 2.00 bits per heavy atom. The third-order valence-electron chi connectivity index (χ3n) is 4.56. The number of carbonyl (C=O) groups excluding carboxylic acids is 1. The molecule has 118 valence electrons. The quantitative estimate of drug-likeness (QED) is 0.892. The van der Waals surface area contributed by atoms with E-state index in [1.807, 2.05) is 29.3 Å². The topological polar surface area (TPSA) is 65.4 Å². The van der Waals surface area contributed by atoms with E-state index in [-0.39, 0.29) is 5.91 Å². The number of hydrogen-bond donors (Lipinski definition) is 2. The van der Waals surface area contributed by atoms with E-state index in [0.717, 1.165) is 49.2 Å². The van der Waals surface area contributed by atoms with Gasteiger partial charge in [-0.2, -0.15) is 0 Å². The number of nitrogens with zero attached hydrogens (tertiary/aromatic N) is 2. The average molecular weight is 300 g/mol. The highest BCUT2D eigenvalue weighted by Crippen LogP contribution is 2.19. The monoisotopic (exact) mass is 300 g/mol. The molecule has 1 aromatic carbocycles. The Morgan fingerprint density at radius 3 is 2.73 bits per heavy atom. The molecule has 5 nitrogen and oxygen atoms in total. The maximum absolute atomic E-state index is 12.5. The number of fused-ring (bicyclic) bond motifs is 1. The van der Waals surface area contributed by atoms with Crippen LogP contribution in [0.5, 0.6) is 0 Å². The zero-order valence-electron chi connectivity index (χ0n) is 13.1. The van der Waals surface area contributed by atoms with Crippen LogP contribution in [0.3, 0.4) is 0 Å². The average Bonchev–Trinajstić information content (AvgIpc) is 2.97. The molecule has 1 atom stereocenters. The number of H-pyrrole nitrogens is 1. The molecule has 3 rings (SSSR count). The molecule has 1 unspecified atom stereocenters. The molecule has 0 saturated carbocycles. The van der Waals surface area contributed by atoms with E-state index >= 15 is 0 Å². The van der Waals surface area contributed by atoms with Crippen molar-refractivity contribution in [1.29, 1.82) is 0 Å². The Morgan fingerprint density at radius 1 is 1.27 bits per heavy atom. The maximum Gasteiger partial charge on any atom is 0.239 e. The number of carbonyl (C=O) groups is 1. The molecule has 0 bridgehead atoms. The fraction of sp³-hybridized carbons (Fsp3) is 0.471. The molecule has 3 N–H and O–H groups in total. The third-order valence-corrected chi connectivity index (χ3v) is 4.56. The van der Waals surface area contributed by atoms with Crippen LogP contribution in [0.15, 0.2) is 30.5 Å². The van der Waals surface area contributed by atoms with Gasteiger partial charge in [0, 0.05) is 43.3 Å². The van der Waals surface area contributed by atoms with Crippen molar-refractivity contribution in [1.82, 2.24) is 14.8 Å². The van der Waals surface area contributed by atoms with Gasteiger partial charge < -0.3 is 20.5 Å². The van der Waals surface area contributed by atoms with Crippen LogP contribution in [0.25, 0.3) is 10.9 Å². The molecule has 0 spiro atoms. The minimum atomic E-state index is -0.465. The minimum absolute atomic E-state index is 0.0704. The van der Waals surface area contributed by atoms with E-state index in [9.17, 15) is 4.79 Å². The fourth-order valence-corrected chi connectivity index (χ4v) is 3.14. The fourth-order valence-electron chi connectivity index (χ4n) is 3.14. The molecule has 0 aliphatic carbocycles. The van der Waals surface area contributed by atoms with Gasteiger partial charge in [-0.1, -0.05) is 25.1 Å². The summed E-state index contributed by atoms with van der Waals surface area (Å²) >= 11 is 0. The second-order valence-corrected chi connectivity index (χ2v) is 5.93. The van der Waals surface area contributed by atoms with Gasteiger partial charge in [0.25, 0.3) is 0 Å². The van der Waals surface area contributed by atoms with Crippen LogP contribution in [0, 0.1) is 0 Å². The number of rotatable bonds is 4. The van der Waals surface area contributed by atoms with Crippen LogP contribution < -0.4 is 5.73 Å². The van der Waals surface area contributed by atoms with Crippen LogP contribution in [-0.2, 0) is 11.2 Å². The number of para-hydroxylation sites is 1. The van der Waals surface area contributed by atoms with E-state index in [0.29, 0.717) is 6.42 Å².